The summed E-state index contributed by atoms with van der Waals surface area (Å²) < 4.78 is 37.8. The summed E-state index contributed by atoms with van der Waals surface area (Å²) in [5.41, 5.74) is 2.36. The molecular formula is C22H15ClFNO2S3. The molecule has 0 spiro atoms. The highest BCUT2D eigenvalue weighted by Gasteiger charge is 2.17. The van der Waals surface area contributed by atoms with Gasteiger partial charge in [0.05, 0.1) is 15.5 Å². The molecule has 0 saturated carbocycles. The fourth-order valence-corrected chi connectivity index (χ4v) is 5.70. The molecule has 4 rings (SSSR count). The van der Waals surface area contributed by atoms with Crippen molar-refractivity contribution in [2.75, 3.05) is 6.26 Å². The summed E-state index contributed by atoms with van der Waals surface area (Å²) in [4.78, 5) is 6.93. The van der Waals surface area contributed by atoms with Crippen LogP contribution in [0.15, 0.2) is 86.9 Å². The standard InChI is InChI=1S/C22H15ClFNO2S3/c1-30(26,27)19-12-4-15(5-13-19)21-20(14-2-8-17(24)9-3-14)25-22(29-21)28-18-10-6-16(23)7-11-18/h2-13H,1H3. The second kappa shape index (κ2) is 8.51. The average molecular weight is 476 g/mol. The second-order valence-electron chi connectivity index (χ2n) is 6.52. The number of thiazole rings is 1. The molecule has 0 N–H and O–H groups in total. The monoisotopic (exact) mass is 475 g/mol. The number of aromatic nitrogens is 1. The summed E-state index contributed by atoms with van der Waals surface area (Å²) in [6.07, 6.45) is 1.18. The van der Waals surface area contributed by atoms with Gasteiger partial charge in [-0.25, -0.2) is 17.8 Å². The van der Waals surface area contributed by atoms with Gasteiger partial charge < -0.3 is 0 Å². The summed E-state index contributed by atoms with van der Waals surface area (Å²) in [5, 5.41) is 0.664. The van der Waals surface area contributed by atoms with Crippen molar-refractivity contribution in [1.29, 1.82) is 0 Å². The third-order valence-corrected chi connectivity index (χ3v) is 7.84. The third-order valence-electron chi connectivity index (χ3n) is 4.29. The van der Waals surface area contributed by atoms with Crippen molar-refractivity contribution in [3.05, 3.63) is 83.6 Å². The lowest BCUT2D eigenvalue weighted by molar-refractivity contribution is 0.602. The van der Waals surface area contributed by atoms with Gasteiger partial charge in [-0.2, -0.15) is 0 Å². The Morgan fingerprint density at radius 3 is 2.10 bits per heavy atom. The van der Waals surface area contributed by atoms with Gasteiger partial charge in [-0.05, 0) is 66.2 Å². The Labute approximate surface area is 187 Å². The van der Waals surface area contributed by atoms with Crippen LogP contribution < -0.4 is 0 Å². The zero-order chi connectivity index (χ0) is 21.3. The van der Waals surface area contributed by atoms with E-state index in [2.05, 4.69) is 0 Å². The Bertz CT molecular complexity index is 1280. The molecular weight excluding hydrogens is 461 g/mol. The summed E-state index contributed by atoms with van der Waals surface area (Å²) in [7, 11) is -3.28. The predicted octanol–water partition coefficient (Wildman–Crippen LogP) is 6.82. The van der Waals surface area contributed by atoms with E-state index in [1.54, 1.807) is 36.4 Å². The van der Waals surface area contributed by atoms with Gasteiger partial charge >= 0.3 is 0 Å². The molecule has 4 aromatic rings. The van der Waals surface area contributed by atoms with E-state index in [0.717, 1.165) is 30.9 Å². The van der Waals surface area contributed by atoms with Crippen molar-refractivity contribution in [2.24, 2.45) is 0 Å². The quantitative estimate of drug-likeness (QED) is 0.317. The van der Waals surface area contributed by atoms with Crippen LogP contribution in [0.5, 0.6) is 0 Å². The van der Waals surface area contributed by atoms with Crippen molar-refractivity contribution in [3.8, 4) is 21.7 Å². The first-order chi connectivity index (χ1) is 14.3. The van der Waals surface area contributed by atoms with Gasteiger partial charge in [0, 0.05) is 21.7 Å². The third kappa shape index (κ3) is 4.75. The average Bonchev–Trinajstić information content (AvgIpc) is 3.13. The van der Waals surface area contributed by atoms with E-state index in [4.69, 9.17) is 16.6 Å². The molecule has 0 atom stereocenters. The normalized spacial score (nSPS) is 11.6. The van der Waals surface area contributed by atoms with Gasteiger partial charge in [0.2, 0.25) is 0 Å². The highest BCUT2D eigenvalue weighted by atomic mass is 35.5. The maximum absolute atomic E-state index is 13.4. The fraction of sp³-hybridized carbons (Fsp3) is 0.0455. The fourth-order valence-electron chi connectivity index (χ4n) is 2.80. The zero-order valence-electron chi connectivity index (χ0n) is 15.7. The summed E-state index contributed by atoms with van der Waals surface area (Å²) in [6, 6.07) is 20.4. The molecule has 30 heavy (non-hydrogen) atoms. The highest BCUT2D eigenvalue weighted by molar-refractivity contribution is 8.01. The van der Waals surface area contributed by atoms with Gasteiger partial charge in [-0.15, -0.1) is 11.3 Å². The van der Waals surface area contributed by atoms with E-state index < -0.39 is 9.84 Å². The van der Waals surface area contributed by atoms with Crippen LogP contribution in [0.4, 0.5) is 4.39 Å². The van der Waals surface area contributed by atoms with Gasteiger partial charge in [0.1, 0.15) is 5.82 Å². The van der Waals surface area contributed by atoms with Gasteiger partial charge in [0.25, 0.3) is 0 Å². The zero-order valence-corrected chi connectivity index (χ0v) is 18.9. The minimum absolute atomic E-state index is 0.259. The molecule has 1 heterocycles. The van der Waals surface area contributed by atoms with Crippen molar-refractivity contribution < 1.29 is 12.8 Å². The molecule has 152 valence electrons. The molecule has 0 fully saturated rings. The van der Waals surface area contributed by atoms with Crippen LogP contribution in [-0.2, 0) is 9.84 Å². The summed E-state index contributed by atoms with van der Waals surface area (Å²) in [6.45, 7) is 0. The van der Waals surface area contributed by atoms with Crippen molar-refractivity contribution in [2.45, 2.75) is 14.1 Å². The van der Waals surface area contributed by atoms with Crippen molar-refractivity contribution >= 4 is 44.5 Å². The molecule has 0 aliphatic heterocycles. The molecule has 1 aromatic heterocycles. The Kier molecular flexibility index (Phi) is 5.97. The molecule has 0 aliphatic carbocycles. The van der Waals surface area contributed by atoms with Crippen LogP contribution in [0.1, 0.15) is 0 Å². The van der Waals surface area contributed by atoms with Crippen LogP contribution in [-0.4, -0.2) is 19.7 Å². The number of hydrogen-bond donors (Lipinski definition) is 0. The van der Waals surface area contributed by atoms with Gasteiger partial charge in [-0.3, -0.25) is 0 Å². The molecule has 0 aliphatic rings. The first kappa shape index (κ1) is 21.1. The second-order valence-corrected chi connectivity index (χ2v) is 11.3. The molecule has 3 nitrogen and oxygen atoms in total. The summed E-state index contributed by atoms with van der Waals surface area (Å²) in [5.74, 6) is -0.316. The van der Waals surface area contributed by atoms with E-state index in [1.165, 1.54) is 41.5 Å². The van der Waals surface area contributed by atoms with E-state index >= 15 is 0 Å². The molecule has 0 radical (unpaired) electrons. The Hall–Kier alpha value is -2.19. The highest BCUT2D eigenvalue weighted by Crippen LogP contribution is 2.42. The number of halogens is 2. The van der Waals surface area contributed by atoms with Crippen LogP contribution in [0.2, 0.25) is 5.02 Å². The molecule has 0 saturated heterocycles. The lowest BCUT2D eigenvalue weighted by Crippen LogP contribution is -1.96. The number of benzene rings is 3. The van der Waals surface area contributed by atoms with E-state index in [9.17, 15) is 12.8 Å². The first-order valence-electron chi connectivity index (χ1n) is 8.80. The van der Waals surface area contributed by atoms with E-state index in [-0.39, 0.29) is 10.7 Å². The molecule has 8 heteroatoms. The van der Waals surface area contributed by atoms with Crippen LogP contribution in [0.25, 0.3) is 21.7 Å². The van der Waals surface area contributed by atoms with Crippen LogP contribution in [0.3, 0.4) is 0 Å². The minimum atomic E-state index is -3.28. The lowest BCUT2D eigenvalue weighted by atomic mass is 10.1. The molecule has 0 unspecified atom stereocenters. The molecule has 0 bridgehead atoms. The van der Waals surface area contributed by atoms with E-state index in [0.29, 0.717) is 5.02 Å². The van der Waals surface area contributed by atoms with E-state index in [1.807, 2.05) is 24.3 Å². The lowest BCUT2D eigenvalue weighted by Gasteiger charge is -2.04. The maximum Gasteiger partial charge on any atom is 0.175 e. The van der Waals surface area contributed by atoms with Crippen molar-refractivity contribution in [3.63, 3.8) is 0 Å². The maximum atomic E-state index is 13.4. The van der Waals surface area contributed by atoms with Gasteiger partial charge in [-0.1, -0.05) is 35.5 Å². The van der Waals surface area contributed by atoms with Crippen LogP contribution in [0, 0.1) is 5.82 Å². The Morgan fingerprint density at radius 1 is 0.900 bits per heavy atom. The molecule has 3 aromatic carbocycles. The number of sulfone groups is 1. The summed E-state index contributed by atoms with van der Waals surface area (Å²) >= 11 is 8.98. The first-order valence-corrected chi connectivity index (χ1v) is 12.7. The Balaban J connectivity index is 1.78. The molecule has 0 amide bonds. The SMILES string of the molecule is CS(=O)(=O)c1ccc(-c2sc(Sc3ccc(Cl)cc3)nc2-c2ccc(F)cc2)cc1. The number of nitrogens with zero attached hydrogens (tertiary/aromatic N) is 1. The smallest absolute Gasteiger partial charge is 0.175 e. The van der Waals surface area contributed by atoms with Crippen molar-refractivity contribution in [1.82, 2.24) is 4.98 Å². The minimum Gasteiger partial charge on any atom is -0.229 e. The predicted molar refractivity (Wildman–Crippen MR) is 122 cm³/mol. The Morgan fingerprint density at radius 2 is 1.50 bits per heavy atom. The van der Waals surface area contributed by atoms with Gasteiger partial charge in [0.15, 0.2) is 14.2 Å². The number of hydrogen-bond acceptors (Lipinski definition) is 5. The number of rotatable bonds is 5. The van der Waals surface area contributed by atoms with Crippen LogP contribution >= 0.6 is 34.7 Å². The topological polar surface area (TPSA) is 47.0 Å². The largest absolute Gasteiger partial charge is 0.229 e.